The molecule has 0 aromatic heterocycles. The number of carbonyl (C=O) groups excluding carboxylic acids is 1. The molecule has 0 aliphatic carbocycles. The van der Waals surface area contributed by atoms with E-state index in [1.54, 1.807) is 0 Å². The van der Waals surface area contributed by atoms with Crippen molar-refractivity contribution in [2.75, 3.05) is 19.0 Å². The van der Waals surface area contributed by atoms with E-state index < -0.39 is 0 Å². The Balaban J connectivity index is 2.20. The predicted molar refractivity (Wildman–Crippen MR) is 102 cm³/mol. The van der Waals surface area contributed by atoms with E-state index in [1.807, 2.05) is 43.3 Å². The van der Waals surface area contributed by atoms with E-state index in [4.69, 9.17) is 0 Å². The Morgan fingerprint density at radius 2 is 1.75 bits per heavy atom. The minimum absolute atomic E-state index is 0.00594. The lowest BCUT2D eigenvalue weighted by Crippen LogP contribution is -2.31. The van der Waals surface area contributed by atoms with Crippen molar-refractivity contribution < 1.29 is 4.79 Å². The van der Waals surface area contributed by atoms with Crippen molar-refractivity contribution in [3.8, 4) is 0 Å². The van der Waals surface area contributed by atoms with E-state index in [0.717, 1.165) is 17.7 Å². The van der Waals surface area contributed by atoms with Crippen LogP contribution in [-0.4, -0.2) is 20.0 Å². The molecule has 2 aromatic carbocycles. The molecule has 0 bridgehead atoms. The molecule has 0 heterocycles. The first-order valence-electron chi connectivity index (χ1n) is 8.59. The van der Waals surface area contributed by atoms with Crippen LogP contribution in [0, 0.1) is 5.92 Å². The van der Waals surface area contributed by atoms with Crippen LogP contribution in [0.2, 0.25) is 0 Å². The first kappa shape index (κ1) is 18.1. The summed E-state index contributed by atoms with van der Waals surface area (Å²) >= 11 is 0. The van der Waals surface area contributed by atoms with Gasteiger partial charge in [-0.3, -0.25) is 4.79 Å². The van der Waals surface area contributed by atoms with Crippen LogP contribution < -0.4 is 10.2 Å². The Morgan fingerprint density at radius 3 is 2.29 bits per heavy atom. The highest BCUT2D eigenvalue weighted by molar-refractivity contribution is 5.95. The van der Waals surface area contributed by atoms with Crippen LogP contribution >= 0.6 is 0 Å². The van der Waals surface area contributed by atoms with Gasteiger partial charge in [0.25, 0.3) is 5.91 Å². The maximum Gasteiger partial charge on any atom is 0.251 e. The minimum atomic E-state index is -0.0306. The molecule has 1 unspecified atom stereocenters. The topological polar surface area (TPSA) is 32.3 Å². The van der Waals surface area contributed by atoms with Crippen LogP contribution in [0.15, 0.2) is 48.5 Å². The summed E-state index contributed by atoms with van der Waals surface area (Å²) in [6.07, 6.45) is 1.02. The predicted octanol–water partition coefficient (Wildman–Crippen LogP) is 4.44. The molecule has 0 saturated heterocycles. The molecule has 3 heteroatoms. The molecule has 0 aliphatic rings. The van der Waals surface area contributed by atoms with E-state index in [2.05, 4.69) is 50.4 Å². The largest absolute Gasteiger partial charge is 0.378 e. The number of hydrogen-bond donors (Lipinski definition) is 1. The van der Waals surface area contributed by atoms with Crippen molar-refractivity contribution in [3.63, 3.8) is 0 Å². The van der Waals surface area contributed by atoms with Gasteiger partial charge in [-0.05, 0) is 41.7 Å². The molecule has 3 nitrogen and oxygen atoms in total. The summed E-state index contributed by atoms with van der Waals surface area (Å²) in [5.41, 5.74) is 4.18. The summed E-state index contributed by atoms with van der Waals surface area (Å²) in [4.78, 5) is 14.7. The second kappa shape index (κ2) is 8.00. The Bertz CT molecular complexity index is 674. The van der Waals surface area contributed by atoms with Gasteiger partial charge in [-0.25, -0.2) is 0 Å². The minimum Gasteiger partial charge on any atom is -0.378 e. The van der Waals surface area contributed by atoms with Gasteiger partial charge in [0.15, 0.2) is 0 Å². The van der Waals surface area contributed by atoms with Gasteiger partial charge >= 0.3 is 0 Å². The third-order valence-electron chi connectivity index (χ3n) is 4.33. The number of rotatable bonds is 6. The Morgan fingerprint density at radius 1 is 1.08 bits per heavy atom. The van der Waals surface area contributed by atoms with Gasteiger partial charge in [0, 0.05) is 25.3 Å². The van der Waals surface area contributed by atoms with Crippen LogP contribution in [0.3, 0.4) is 0 Å². The molecule has 1 amide bonds. The normalized spacial score (nSPS) is 12.1. The highest BCUT2D eigenvalue weighted by Gasteiger charge is 2.19. The van der Waals surface area contributed by atoms with E-state index in [0.29, 0.717) is 11.5 Å². The van der Waals surface area contributed by atoms with Gasteiger partial charge < -0.3 is 10.2 Å². The van der Waals surface area contributed by atoms with Gasteiger partial charge in [0.2, 0.25) is 0 Å². The number of aryl methyl sites for hydroxylation is 1. The van der Waals surface area contributed by atoms with E-state index in [-0.39, 0.29) is 11.9 Å². The molecule has 2 rings (SSSR count). The Labute approximate surface area is 145 Å². The second-order valence-corrected chi connectivity index (χ2v) is 6.74. The molecular formula is C21H28N2O. The molecule has 128 valence electrons. The van der Waals surface area contributed by atoms with Crippen molar-refractivity contribution in [1.29, 1.82) is 0 Å². The fraction of sp³-hybridized carbons (Fsp3) is 0.381. The van der Waals surface area contributed by atoms with Gasteiger partial charge in [-0.2, -0.15) is 0 Å². The standard InChI is InChI=1S/C21H28N2O/c1-6-16-10-12-17(13-11-16)20(15(2)3)22-21(24)18-8-7-9-19(14-18)23(4)5/h7-15,20H,6H2,1-5H3,(H,22,24). The zero-order valence-electron chi connectivity index (χ0n) is 15.3. The Kier molecular flexibility index (Phi) is 6.02. The van der Waals surface area contributed by atoms with Gasteiger partial charge in [-0.15, -0.1) is 0 Å². The molecule has 1 N–H and O–H groups in total. The number of amides is 1. The summed E-state index contributed by atoms with van der Waals surface area (Å²) in [7, 11) is 3.95. The highest BCUT2D eigenvalue weighted by Crippen LogP contribution is 2.23. The van der Waals surface area contributed by atoms with Crippen molar-refractivity contribution in [1.82, 2.24) is 5.32 Å². The number of carbonyl (C=O) groups is 1. The molecule has 24 heavy (non-hydrogen) atoms. The number of benzene rings is 2. The van der Waals surface area contributed by atoms with Crippen LogP contribution in [0.1, 0.15) is 48.3 Å². The number of anilines is 1. The van der Waals surface area contributed by atoms with E-state index in [1.165, 1.54) is 5.56 Å². The maximum atomic E-state index is 12.7. The third-order valence-corrected chi connectivity index (χ3v) is 4.33. The maximum absolute atomic E-state index is 12.7. The molecular weight excluding hydrogens is 296 g/mol. The number of nitrogens with zero attached hydrogens (tertiary/aromatic N) is 1. The summed E-state index contributed by atoms with van der Waals surface area (Å²) < 4.78 is 0. The van der Waals surface area contributed by atoms with E-state index in [9.17, 15) is 4.79 Å². The van der Waals surface area contributed by atoms with Crippen molar-refractivity contribution in [3.05, 3.63) is 65.2 Å². The monoisotopic (exact) mass is 324 g/mol. The first-order valence-corrected chi connectivity index (χ1v) is 8.59. The molecule has 0 spiro atoms. The SMILES string of the molecule is CCc1ccc(C(NC(=O)c2cccc(N(C)C)c2)C(C)C)cc1. The van der Waals surface area contributed by atoms with Gasteiger partial charge in [0.05, 0.1) is 6.04 Å². The van der Waals surface area contributed by atoms with E-state index >= 15 is 0 Å². The quantitative estimate of drug-likeness (QED) is 0.852. The average molecular weight is 324 g/mol. The smallest absolute Gasteiger partial charge is 0.251 e. The van der Waals surface area contributed by atoms with Crippen LogP contribution in [0.4, 0.5) is 5.69 Å². The Hall–Kier alpha value is -2.29. The molecule has 0 radical (unpaired) electrons. The van der Waals surface area contributed by atoms with Crippen molar-refractivity contribution in [2.24, 2.45) is 5.92 Å². The first-order chi connectivity index (χ1) is 11.4. The fourth-order valence-electron chi connectivity index (χ4n) is 2.75. The molecule has 0 aliphatic heterocycles. The lowest BCUT2D eigenvalue weighted by molar-refractivity contribution is 0.0925. The highest BCUT2D eigenvalue weighted by atomic mass is 16.1. The third kappa shape index (κ3) is 4.38. The lowest BCUT2D eigenvalue weighted by Gasteiger charge is -2.23. The number of nitrogens with one attached hydrogen (secondary N) is 1. The summed E-state index contributed by atoms with van der Waals surface area (Å²) in [6.45, 7) is 6.41. The zero-order valence-corrected chi connectivity index (χ0v) is 15.3. The lowest BCUT2D eigenvalue weighted by atomic mass is 9.94. The summed E-state index contributed by atoms with van der Waals surface area (Å²) in [6, 6.07) is 16.2. The van der Waals surface area contributed by atoms with Crippen LogP contribution in [0.5, 0.6) is 0 Å². The second-order valence-electron chi connectivity index (χ2n) is 6.74. The zero-order chi connectivity index (χ0) is 17.7. The molecule has 0 fully saturated rings. The fourth-order valence-corrected chi connectivity index (χ4v) is 2.75. The van der Waals surface area contributed by atoms with Crippen LogP contribution in [0.25, 0.3) is 0 Å². The van der Waals surface area contributed by atoms with Gasteiger partial charge in [-0.1, -0.05) is 51.1 Å². The summed E-state index contributed by atoms with van der Waals surface area (Å²) in [5, 5.41) is 3.20. The summed E-state index contributed by atoms with van der Waals surface area (Å²) in [5.74, 6) is 0.287. The molecule has 0 saturated carbocycles. The number of hydrogen-bond acceptors (Lipinski definition) is 2. The average Bonchev–Trinajstić information content (AvgIpc) is 2.59. The molecule has 2 aromatic rings. The van der Waals surface area contributed by atoms with Gasteiger partial charge in [0.1, 0.15) is 0 Å². The van der Waals surface area contributed by atoms with Crippen LogP contribution in [-0.2, 0) is 6.42 Å². The van der Waals surface area contributed by atoms with Crippen molar-refractivity contribution >= 4 is 11.6 Å². The van der Waals surface area contributed by atoms with Crippen molar-refractivity contribution in [2.45, 2.75) is 33.2 Å². The molecule has 1 atom stereocenters.